The molecule has 6 nitrogen and oxygen atoms in total. The smallest absolute Gasteiger partial charge is 0.274 e. The normalized spacial score (nSPS) is 13.3. The summed E-state index contributed by atoms with van der Waals surface area (Å²) in [5.74, 6) is -0.226. The molecule has 3 heterocycles. The fourth-order valence-electron chi connectivity index (χ4n) is 3.28. The highest BCUT2D eigenvalue weighted by atomic mass is 16.2. The molecular weight excluding hydrogens is 292 g/mol. The van der Waals surface area contributed by atoms with Crippen molar-refractivity contribution >= 4 is 22.5 Å². The number of aromatic nitrogens is 3. The van der Waals surface area contributed by atoms with Crippen LogP contribution in [0.5, 0.6) is 0 Å². The zero-order valence-electron chi connectivity index (χ0n) is 12.7. The van der Waals surface area contributed by atoms with Gasteiger partial charge < -0.3 is 14.9 Å². The lowest BCUT2D eigenvalue weighted by Crippen LogP contribution is -2.17. The number of aromatic amines is 1. The van der Waals surface area contributed by atoms with Crippen LogP contribution in [0, 0.1) is 6.92 Å². The second-order valence-electron chi connectivity index (χ2n) is 5.77. The van der Waals surface area contributed by atoms with Crippen molar-refractivity contribution in [3.05, 3.63) is 57.9 Å². The molecule has 1 aliphatic heterocycles. The van der Waals surface area contributed by atoms with Crippen LogP contribution < -0.4 is 10.9 Å². The first kappa shape index (κ1) is 13.8. The van der Waals surface area contributed by atoms with Crippen LogP contribution in [0.3, 0.4) is 0 Å². The van der Waals surface area contributed by atoms with Crippen LogP contribution in [-0.4, -0.2) is 20.4 Å². The van der Waals surface area contributed by atoms with Crippen LogP contribution in [0.4, 0.5) is 5.69 Å². The molecule has 1 amide bonds. The fourth-order valence-corrected chi connectivity index (χ4v) is 3.28. The number of hydrogen-bond acceptors (Lipinski definition) is 3. The zero-order chi connectivity index (χ0) is 16.0. The van der Waals surface area contributed by atoms with Crippen molar-refractivity contribution in [2.75, 3.05) is 5.32 Å². The summed E-state index contributed by atoms with van der Waals surface area (Å²) in [5, 5.41) is 3.48. The monoisotopic (exact) mass is 308 g/mol. The Hall–Kier alpha value is -2.89. The molecule has 23 heavy (non-hydrogen) atoms. The molecule has 116 valence electrons. The molecule has 6 heteroatoms. The van der Waals surface area contributed by atoms with Crippen molar-refractivity contribution in [3.8, 4) is 0 Å². The third-order valence-electron chi connectivity index (χ3n) is 4.37. The number of hydrogen-bond donors (Lipinski definition) is 2. The van der Waals surface area contributed by atoms with Crippen molar-refractivity contribution in [3.63, 3.8) is 0 Å². The molecule has 2 aromatic heterocycles. The second-order valence-corrected chi connectivity index (χ2v) is 5.77. The van der Waals surface area contributed by atoms with Gasteiger partial charge in [0.05, 0.1) is 11.7 Å². The highest BCUT2D eigenvalue weighted by Gasteiger charge is 2.27. The summed E-state index contributed by atoms with van der Waals surface area (Å²) in [6.07, 6.45) is 3.08. The first-order chi connectivity index (χ1) is 11.2. The molecule has 1 aliphatic rings. The van der Waals surface area contributed by atoms with Gasteiger partial charge in [0.25, 0.3) is 11.5 Å². The van der Waals surface area contributed by atoms with Gasteiger partial charge in [-0.2, -0.15) is 0 Å². The van der Waals surface area contributed by atoms with E-state index in [9.17, 15) is 9.59 Å². The molecule has 0 unspecified atom stereocenters. The van der Waals surface area contributed by atoms with Gasteiger partial charge in [0.1, 0.15) is 11.2 Å². The Morgan fingerprint density at radius 1 is 1.35 bits per heavy atom. The average molecular weight is 308 g/mol. The molecule has 0 saturated heterocycles. The molecule has 4 rings (SSSR count). The van der Waals surface area contributed by atoms with Crippen molar-refractivity contribution in [1.29, 1.82) is 0 Å². The number of para-hydroxylation sites is 1. The second kappa shape index (κ2) is 5.08. The molecule has 0 aliphatic carbocycles. The van der Waals surface area contributed by atoms with Gasteiger partial charge in [-0.25, -0.2) is 4.98 Å². The summed E-state index contributed by atoms with van der Waals surface area (Å²) in [5.41, 5.74) is 3.43. The molecule has 1 aromatic carbocycles. The van der Waals surface area contributed by atoms with Crippen LogP contribution in [0.25, 0.3) is 10.9 Å². The van der Waals surface area contributed by atoms with E-state index in [-0.39, 0.29) is 11.5 Å². The van der Waals surface area contributed by atoms with Crippen molar-refractivity contribution in [2.24, 2.45) is 0 Å². The van der Waals surface area contributed by atoms with Gasteiger partial charge in [-0.1, -0.05) is 18.2 Å². The topological polar surface area (TPSA) is 79.8 Å². The minimum atomic E-state index is -0.226. The zero-order valence-corrected chi connectivity index (χ0v) is 12.7. The van der Waals surface area contributed by atoms with Gasteiger partial charge in [0.2, 0.25) is 0 Å². The standard InChI is InChI=1S/C17H16N4O2/c1-10-5-2-3-6-11(10)20-17(23)15-14-13(16(22)19-9-18-14)12-7-4-8-21(12)15/h2-3,5-6,9H,4,7-8H2,1H3,(H,20,23)(H,18,19,22). The number of nitrogens with zero attached hydrogens (tertiary/aromatic N) is 2. The van der Waals surface area contributed by atoms with Gasteiger partial charge in [-0.15, -0.1) is 0 Å². The van der Waals surface area contributed by atoms with Gasteiger partial charge in [0.15, 0.2) is 0 Å². The highest BCUT2D eigenvalue weighted by molar-refractivity contribution is 6.12. The first-order valence-corrected chi connectivity index (χ1v) is 7.62. The summed E-state index contributed by atoms with van der Waals surface area (Å²) < 4.78 is 1.93. The predicted molar refractivity (Wildman–Crippen MR) is 87.8 cm³/mol. The summed E-state index contributed by atoms with van der Waals surface area (Å²) >= 11 is 0. The Balaban J connectivity index is 1.86. The maximum absolute atomic E-state index is 12.8. The third kappa shape index (κ3) is 2.06. The molecule has 0 saturated carbocycles. The van der Waals surface area contributed by atoms with E-state index < -0.39 is 0 Å². The highest BCUT2D eigenvalue weighted by Crippen LogP contribution is 2.28. The van der Waals surface area contributed by atoms with Crippen molar-refractivity contribution in [1.82, 2.24) is 14.5 Å². The molecule has 0 bridgehead atoms. The van der Waals surface area contributed by atoms with Gasteiger partial charge in [-0.05, 0) is 31.4 Å². The lowest BCUT2D eigenvalue weighted by molar-refractivity contribution is 0.102. The SMILES string of the molecule is Cc1ccccc1NC(=O)c1c2nc[nH]c(=O)c2c2n1CCC2. The molecule has 2 N–H and O–H groups in total. The molecule has 0 atom stereocenters. The number of amides is 1. The number of rotatable bonds is 2. The Bertz CT molecular complexity index is 984. The van der Waals surface area contributed by atoms with Gasteiger partial charge >= 0.3 is 0 Å². The number of anilines is 1. The van der Waals surface area contributed by atoms with E-state index in [4.69, 9.17) is 0 Å². The predicted octanol–water partition coefficient (Wildman–Crippen LogP) is 2.23. The van der Waals surface area contributed by atoms with E-state index >= 15 is 0 Å². The van der Waals surface area contributed by atoms with E-state index in [1.165, 1.54) is 6.33 Å². The summed E-state index contributed by atoms with van der Waals surface area (Å²) in [4.78, 5) is 31.8. The van der Waals surface area contributed by atoms with E-state index in [1.807, 2.05) is 35.8 Å². The maximum Gasteiger partial charge on any atom is 0.274 e. The largest absolute Gasteiger partial charge is 0.338 e. The van der Waals surface area contributed by atoms with Crippen molar-refractivity contribution < 1.29 is 4.79 Å². The minimum absolute atomic E-state index is 0.185. The number of fused-ring (bicyclic) bond motifs is 3. The summed E-state index contributed by atoms with van der Waals surface area (Å²) in [6.45, 7) is 2.68. The lowest BCUT2D eigenvalue weighted by atomic mass is 10.2. The number of nitrogens with one attached hydrogen (secondary N) is 2. The molecule has 3 aromatic rings. The van der Waals surface area contributed by atoms with Gasteiger partial charge in [-0.3, -0.25) is 9.59 Å². The Labute approximate surface area is 132 Å². The number of H-pyrrole nitrogens is 1. The number of carbonyl (C=O) groups is 1. The van der Waals surface area contributed by atoms with E-state index in [0.29, 0.717) is 16.6 Å². The summed E-state index contributed by atoms with van der Waals surface area (Å²) in [7, 11) is 0. The first-order valence-electron chi connectivity index (χ1n) is 7.62. The van der Waals surface area contributed by atoms with Crippen molar-refractivity contribution in [2.45, 2.75) is 26.3 Å². The van der Waals surface area contributed by atoms with Crippen LogP contribution in [0.15, 0.2) is 35.4 Å². The van der Waals surface area contributed by atoms with E-state index in [0.717, 1.165) is 36.3 Å². The molecule has 0 radical (unpaired) electrons. The third-order valence-corrected chi connectivity index (χ3v) is 4.37. The Morgan fingerprint density at radius 2 is 2.17 bits per heavy atom. The fraction of sp³-hybridized carbons (Fsp3) is 0.235. The van der Waals surface area contributed by atoms with Crippen LogP contribution in [-0.2, 0) is 13.0 Å². The minimum Gasteiger partial charge on any atom is -0.338 e. The van der Waals surface area contributed by atoms with Crippen LogP contribution in [0.2, 0.25) is 0 Å². The Kier molecular flexibility index (Phi) is 3.04. The van der Waals surface area contributed by atoms with Gasteiger partial charge in [0, 0.05) is 17.9 Å². The quantitative estimate of drug-likeness (QED) is 0.762. The number of aryl methyl sites for hydroxylation is 2. The molecule has 0 spiro atoms. The average Bonchev–Trinajstić information content (AvgIpc) is 3.09. The number of benzene rings is 1. The number of carbonyl (C=O) groups excluding carboxylic acids is 1. The van der Waals surface area contributed by atoms with E-state index in [2.05, 4.69) is 15.3 Å². The van der Waals surface area contributed by atoms with Crippen LogP contribution in [0.1, 0.15) is 28.2 Å². The molecular formula is C17H16N4O2. The maximum atomic E-state index is 12.8. The lowest BCUT2D eigenvalue weighted by Gasteiger charge is -2.10. The summed E-state index contributed by atoms with van der Waals surface area (Å²) in [6, 6.07) is 7.62. The molecule has 0 fully saturated rings. The van der Waals surface area contributed by atoms with Crippen LogP contribution >= 0.6 is 0 Å². The van der Waals surface area contributed by atoms with E-state index in [1.54, 1.807) is 0 Å². The Morgan fingerprint density at radius 3 is 3.00 bits per heavy atom.